The van der Waals surface area contributed by atoms with Gasteiger partial charge in [0.05, 0.1) is 0 Å². The van der Waals surface area contributed by atoms with E-state index in [2.05, 4.69) is 36.0 Å². The first-order valence-electron chi connectivity index (χ1n) is 6.72. The summed E-state index contributed by atoms with van der Waals surface area (Å²) in [5.41, 5.74) is 0.511. The Kier molecular flexibility index (Phi) is 3.88. The predicted octanol–water partition coefficient (Wildman–Crippen LogP) is 1.01. The third-order valence-corrected chi connectivity index (χ3v) is 4.36. The third-order valence-electron chi connectivity index (χ3n) is 4.36. The third kappa shape index (κ3) is 2.96. The van der Waals surface area contributed by atoms with E-state index in [1.165, 1.54) is 52.1 Å². The van der Waals surface area contributed by atoms with Gasteiger partial charge in [-0.3, -0.25) is 4.90 Å². The van der Waals surface area contributed by atoms with Crippen LogP contribution in [0, 0.1) is 5.41 Å². The fourth-order valence-corrected chi connectivity index (χ4v) is 2.95. The van der Waals surface area contributed by atoms with Crippen LogP contribution in [0.2, 0.25) is 0 Å². The smallest absolute Gasteiger partial charge is 0.0112 e. The molecular weight excluding hydrogens is 198 g/mol. The number of nitrogens with one attached hydrogen (secondary N) is 1. The lowest BCUT2D eigenvalue weighted by Gasteiger charge is -2.34. The van der Waals surface area contributed by atoms with Gasteiger partial charge >= 0.3 is 0 Å². The number of hydrogen-bond donors (Lipinski definition) is 1. The minimum atomic E-state index is 0.511. The second kappa shape index (κ2) is 5.03. The van der Waals surface area contributed by atoms with Gasteiger partial charge in [0.2, 0.25) is 0 Å². The zero-order valence-corrected chi connectivity index (χ0v) is 11.1. The van der Waals surface area contributed by atoms with E-state index in [-0.39, 0.29) is 0 Å². The first kappa shape index (κ1) is 12.3. The van der Waals surface area contributed by atoms with Crippen LogP contribution in [0.25, 0.3) is 0 Å². The zero-order chi connectivity index (χ0) is 11.6. The number of rotatable bonds is 2. The summed E-state index contributed by atoms with van der Waals surface area (Å²) in [5.74, 6) is 0. The lowest BCUT2D eigenvalue weighted by Crippen LogP contribution is -2.43. The van der Waals surface area contributed by atoms with E-state index in [4.69, 9.17) is 0 Å². The average molecular weight is 225 g/mol. The zero-order valence-electron chi connectivity index (χ0n) is 11.1. The Morgan fingerprint density at radius 3 is 2.81 bits per heavy atom. The van der Waals surface area contributed by atoms with Crippen molar-refractivity contribution in [1.29, 1.82) is 0 Å². The van der Waals surface area contributed by atoms with Crippen molar-refractivity contribution in [2.24, 2.45) is 5.41 Å². The molecule has 94 valence electrons. The molecule has 0 aromatic rings. The van der Waals surface area contributed by atoms with Crippen molar-refractivity contribution < 1.29 is 0 Å². The predicted molar refractivity (Wildman–Crippen MR) is 68.7 cm³/mol. The molecule has 0 saturated carbocycles. The molecule has 2 fully saturated rings. The molecule has 3 heteroatoms. The molecule has 2 aliphatic heterocycles. The van der Waals surface area contributed by atoms with Crippen molar-refractivity contribution >= 4 is 0 Å². The molecule has 2 rings (SSSR count). The van der Waals surface area contributed by atoms with E-state index in [0.717, 1.165) is 6.04 Å². The van der Waals surface area contributed by atoms with E-state index in [1.54, 1.807) is 0 Å². The maximum absolute atomic E-state index is 3.50. The van der Waals surface area contributed by atoms with Crippen LogP contribution in [0.1, 0.15) is 26.7 Å². The maximum Gasteiger partial charge on any atom is 0.0112 e. The Balaban J connectivity index is 1.91. The largest absolute Gasteiger partial charge is 0.316 e. The van der Waals surface area contributed by atoms with E-state index < -0.39 is 0 Å². The first-order chi connectivity index (χ1) is 7.59. The van der Waals surface area contributed by atoms with Crippen molar-refractivity contribution in [2.45, 2.75) is 32.7 Å². The van der Waals surface area contributed by atoms with Crippen LogP contribution < -0.4 is 5.32 Å². The molecule has 2 saturated heterocycles. The molecule has 2 aliphatic rings. The van der Waals surface area contributed by atoms with E-state index in [9.17, 15) is 0 Å². The molecular formula is C13H27N3. The van der Waals surface area contributed by atoms with E-state index >= 15 is 0 Å². The summed E-state index contributed by atoms with van der Waals surface area (Å²) >= 11 is 0. The monoisotopic (exact) mass is 225 g/mol. The molecule has 2 unspecified atom stereocenters. The Bertz CT molecular complexity index is 223. The standard InChI is InChI=1S/C13H27N3/c1-12-4-7-15(3)8-9-16(12)11-13(2)5-6-14-10-13/h12,14H,4-11H2,1-3H3. The Hall–Kier alpha value is -0.120. The fraction of sp³-hybridized carbons (Fsp3) is 1.00. The van der Waals surface area contributed by atoms with Gasteiger partial charge in [-0.15, -0.1) is 0 Å². The highest BCUT2D eigenvalue weighted by Gasteiger charge is 2.32. The highest BCUT2D eigenvalue weighted by molar-refractivity contribution is 4.88. The molecule has 0 aromatic heterocycles. The summed E-state index contributed by atoms with van der Waals surface area (Å²) in [5, 5.41) is 3.50. The normalized spacial score (nSPS) is 38.8. The number of likely N-dealkylation sites (N-methyl/N-ethyl adjacent to an activating group) is 1. The number of hydrogen-bond acceptors (Lipinski definition) is 3. The quantitative estimate of drug-likeness (QED) is 0.757. The summed E-state index contributed by atoms with van der Waals surface area (Å²) in [6, 6.07) is 0.752. The molecule has 2 atom stereocenters. The molecule has 0 spiro atoms. The van der Waals surface area contributed by atoms with Crippen molar-refractivity contribution in [3.8, 4) is 0 Å². The highest BCUT2D eigenvalue weighted by Crippen LogP contribution is 2.27. The summed E-state index contributed by atoms with van der Waals surface area (Å²) in [6.45, 7) is 12.2. The van der Waals surface area contributed by atoms with Crippen LogP contribution in [0.3, 0.4) is 0 Å². The Morgan fingerprint density at radius 1 is 1.31 bits per heavy atom. The number of nitrogens with zero attached hydrogens (tertiary/aromatic N) is 2. The SMILES string of the molecule is CC1CCN(C)CCN1CC1(C)CCNC1. The molecule has 0 amide bonds. The molecule has 0 aliphatic carbocycles. The van der Waals surface area contributed by atoms with Crippen LogP contribution in [0.4, 0.5) is 0 Å². The summed E-state index contributed by atoms with van der Waals surface area (Å²) in [7, 11) is 2.25. The van der Waals surface area contributed by atoms with Gasteiger partial charge in [-0.2, -0.15) is 0 Å². The fourth-order valence-electron chi connectivity index (χ4n) is 2.95. The molecule has 0 bridgehead atoms. The van der Waals surface area contributed by atoms with Gasteiger partial charge in [0, 0.05) is 32.2 Å². The van der Waals surface area contributed by atoms with Crippen molar-refractivity contribution in [3.05, 3.63) is 0 Å². The van der Waals surface area contributed by atoms with Crippen LogP contribution in [-0.2, 0) is 0 Å². The van der Waals surface area contributed by atoms with Crippen molar-refractivity contribution in [3.63, 3.8) is 0 Å². The summed E-state index contributed by atoms with van der Waals surface area (Å²) in [4.78, 5) is 5.17. The minimum absolute atomic E-state index is 0.511. The lowest BCUT2D eigenvalue weighted by molar-refractivity contribution is 0.142. The Labute approximate surface area is 100 Å². The topological polar surface area (TPSA) is 18.5 Å². The highest BCUT2D eigenvalue weighted by atomic mass is 15.2. The van der Waals surface area contributed by atoms with Gasteiger partial charge in [0.15, 0.2) is 0 Å². The van der Waals surface area contributed by atoms with Gasteiger partial charge in [-0.05, 0) is 45.3 Å². The summed E-state index contributed by atoms with van der Waals surface area (Å²) in [6.07, 6.45) is 2.66. The molecule has 2 heterocycles. The van der Waals surface area contributed by atoms with Crippen LogP contribution in [0.5, 0.6) is 0 Å². The molecule has 1 N–H and O–H groups in total. The lowest BCUT2D eigenvalue weighted by atomic mass is 9.88. The van der Waals surface area contributed by atoms with Crippen molar-refractivity contribution in [1.82, 2.24) is 15.1 Å². The Morgan fingerprint density at radius 2 is 2.12 bits per heavy atom. The van der Waals surface area contributed by atoms with E-state index in [0.29, 0.717) is 5.41 Å². The molecule has 3 nitrogen and oxygen atoms in total. The van der Waals surface area contributed by atoms with Gasteiger partial charge in [0.1, 0.15) is 0 Å². The van der Waals surface area contributed by atoms with Crippen LogP contribution in [-0.4, -0.2) is 62.2 Å². The van der Waals surface area contributed by atoms with Gasteiger partial charge in [-0.1, -0.05) is 6.92 Å². The second-order valence-electron chi connectivity index (χ2n) is 6.15. The summed E-state index contributed by atoms with van der Waals surface area (Å²) < 4.78 is 0. The van der Waals surface area contributed by atoms with Gasteiger partial charge in [-0.25, -0.2) is 0 Å². The minimum Gasteiger partial charge on any atom is -0.316 e. The van der Waals surface area contributed by atoms with Gasteiger partial charge in [0.25, 0.3) is 0 Å². The van der Waals surface area contributed by atoms with Crippen LogP contribution >= 0.6 is 0 Å². The van der Waals surface area contributed by atoms with Crippen molar-refractivity contribution in [2.75, 3.05) is 46.3 Å². The molecule has 16 heavy (non-hydrogen) atoms. The second-order valence-corrected chi connectivity index (χ2v) is 6.15. The van der Waals surface area contributed by atoms with Gasteiger partial charge < -0.3 is 10.2 Å². The first-order valence-corrected chi connectivity index (χ1v) is 6.72. The van der Waals surface area contributed by atoms with Crippen LogP contribution in [0.15, 0.2) is 0 Å². The average Bonchev–Trinajstić information content (AvgIpc) is 2.61. The molecule has 0 radical (unpaired) electrons. The van der Waals surface area contributed by atoms with E-state index in [1.807, 2.05) is 0 Å². The maximum atomic E-state index is 3.50. The molecule has 0 aromatic carbocycles.